The van der Waals surface area contributed by atoms with Gasteiger partial charge in [-0.1, -0.05) is 97.1 Å². The van der Waals surface area contributed by atoms with Crippen LogP contribution in [0.3, 0.4) is 0 Å². The Morgan fingerprint density at radius 1 is 0.341 bits per heavy atom. The van der Waals surface area contributed by atoms with Crippen molar-refractivity contribution in [3.63, 3.8) is 0 Å². The van der Waals surface area contributed by atoms with E-state index >= 15 is 0 Å². The van der Waals surface area contributed by atoms with Gasteiger partial charge in [0.15, 0.2) is 0 Å². The summed E-state index contributed by atoms with van der Waals surface area (Å²) in [6.45, 7) is 0. The molecule has 0 saturated carbocycles. The smallest absolute Gasteiger partial charge is 0.0737 e. The number of H-pyrrole nitrogens is 2. The minimum atomic E-state index is 0. The van der Waals surface area contributed by atoms with Gasteiger partial charge in [0.1, 0.15) is 0 Å². The zero-order valence-electron chi connectivity index (χ0n) is 21.8. The topological polar surface area (TPSA) is 57.4 Å². The molecule has 0 fully saturated rings. The third kappa shape index (κ3) is 3.60. The van der Waals surface area contributed by atoms with Gasteiger partial charge in [0.05, 0.1) is 22.8 Å². The molecular formula is C36H22CoN4. The number of benzene rings is 4. The Morgan fingerprint density at radius 2 is 0.585 bits per heavy atom. The first-order chi connectivity index (χ1) is 19.8. The van der Waals surface area contributed by atoms with Crippen molar-refractivity contribution in [2.75, 3.05) is 0 Å². The fourth-order valence-electron chi connectivity index (χ4n) is 6.27. The van der Waals surface area contributed by atoms with Gasteiger partial charge in [-0.3, -0.25) is 0 Å². The predicted octanol–water partition coefficient (Wildman–Crippen LogP) is 9.29. The maximum absolute atomic E-state index is 5.17. The van der Waals surface area contributed by atoms with Crippen molar-refractivity contribution in [2.45, 2.75) is 0 Å². The standard InChI is InChI=1S/C36H22N4.Co/c1-2-10-22-21(9-1)29-17-31-23-11-3-4-12-24(23)33(38-31)19-35-27-15-7-8-16-28(27)36(40-35)20-34-26-14-6-5-13-25(26)32(39-34)18-30(22)37-29;/h1-20,37,40H;. The van der Waals surface area contributed by atoms with E-state index in [9.17, 15) is 0 Å². The summed E-state index contributed by atoms with van der Waals surface area (Å²) >= 11 is 0. The maximum atomic E-state index is 5.17. The number of hydrogen-bond acceptors (Lipinski definition) is 2. The Balaban J connectivity index is 0.00000256. The second-order valence-electron chi connectivity index (χ2n) is 10.4. The van der Waals surface area contributed by atoms with Crippen molar-refractivity contribution >= 4 is 43.6 Å². The molecule has 2 N–H and O–H groups in total. The molecule has 0 amide bonds. The van der Waals surface area contributed by atoms with Crippen LogP contribution in [-0.4, -0.2) is 19.9 Å². The quantitative estimate of drug-likeness (QED) is 0.191. The van der Waals surface area contributed by atoms with Crippen LogP contribution in [0.5, 0.6) is 0 Å². The molecule has 7 aromatic rings. The monoisotopic (exact) mass is 569 g/mol. The molecule has 9 rings (SSSR count). The molecule has 0 atom stereocenters. The van der Waals surface area contributed by atoms with Gasteiger partial charge in [-0.2, -0.15) is 0 Å². The average molecular weight is 570 g/mol. The fourth-order valence-corrected chi connectivity index (χ4v) is 6.27. The third-order valence-corrected chi connectivity index (χ3v) is 8.12. The molecule has 2 aliphatic rings. The van der Waals surface area contributed by atoms with Gasteiger partial charge in [-0.15, -0.1) is 0 Å². The van der Waals surface area contributed by atoms with Crippen LogP contribution in [0.15, 0.2) is 121 Å². The van der Waals surface area contributed by atoms with E-state index in [-0.39, 0.29) is 16.8 Å². The summed E-state index contributed by atoms with van der Waals surface area (Å²) in [7, 11) is 0. The van der Waals surface area contributed by atoms with Gasteiger partial charge >= 0.3 is 0 Å². The van der Waals surface area contributed by atoms with Gasteiger partial charge in [0.25, 0.3) is 0 Å². The second-order valence-corrected chi connectivity index (χ2v) is 10.4. The Labute approximate surface area is 246 Å². The van der Waals surface area contributed by atoms with Gasteiger partial charge in [0.2, 0.25) is 0 Å². The fraction of sp³-hybridized carbons (Fsp3) is 0. The van der Waals surface area contributed by atoms with Crippen LogP contribution in [0.4, 0.5) is 0 Å². The summed E-state index contributed by atoms with van der Waals surface area (Å²) in [6.07, 6.45) is 0. The molecule has 4 aromatic carbocycles. The van der Waals surface area contributed by atoms with Gasteiger partial charge < -0.3 is 9.97 Å². The Morgan fingerprint density at radius 3 is 0.854 bits per heavy atom. The summed E-state index contributed by atoms with van der Waals surface area (Å²) < 4.78 is 0. The Bertz CT molecular complexity index is 2020. The third-order valence-electron chi connectivity index (χ3n) is 8.12. The predicted molar refractivity (Wildman–Crippen MR) is 165 cm³/mol. The van der Waals surface area contributed by atoms with E-state index in [0.29, 0.717) is 0 Å². The summed E-state index contributed by atoms with van der Waals surface area (Å²) in [5.74, 6) is 0. The molecule has 0 aliphatic carbocycles. The maximum Gasteiger partial charge on any atom is 0.0737 e. The van der Waals surface area contributed by atoms with Crippen LogP contribution >= 0.6 is 0 Å². The first-order valence-electron chi connectivity index (χ1n) is 13.5. The van der Waals surface area contributed by atoms with Gasteiger partial charge in [-0.25, -0.2) is 9.97 Å². The van der Waals surface area contributed by atoms with Crippen molar-refractivity contribution in [2.24, 2.45) is 0 Å². The Kier molecular flexibility index (Phi) is 5.26. The van der Waals surface area contributed by atoms with Crippen molar-refractivity contribution in [3.8, 4) is 45.0 Å². The number of fused-ring (bicyclic) bond motifs is 20. The van der Waals surface area contributed by atoms with Gasteiger partial charge in [0, 0.05) is 82.6 Å². The molecule has 8 bridgehead atoms. The molecule has 0 spiro atoms. The first kappa shape index (κ1) is 23.9. The molecule has 2 aliphatic heterocycles. The van der Waals surface area contributed by atoms with Crippen molar-refractivity contribution in [1.29, 1.82) is 0 Å². The van der Waals surface area contributed by atoms with Crippen molar-refractivity contribution in [1.82, 2.24) is 19.9 Å². The minimum absolute atomic E-state index is 0. The number of nitrogens with zero attached hydrogens (tertiary/aromatic N) is 2. The molecule has 3 aromatic heterocycles. The molecule has 0 saturated heterocycles. The molecule has 5 heterocycles. The van der Waals surface area contributed by atoms with E-state index in [1.165, 1.54) is 0 Å². The largest absolute Gasteiger partial charge is 0.354 e. The van der Waals surface area contributed by atoms with Gasteiger partial charge in [-0.05, 0) is 24.3 Å². The molecule has 1 radical (unpaired) electrons. The van der Waals surface area contributed by atoms with Crippen LogP contribution in [0, 0.1) is 0 Å². The number of aromatic amines is 2. The van der Waals surface area contributed by atoms with E-state index in [0.717, 1.165) is 88.6 Å². The van der Waals surface area contributed by atoms with Crippen LogP contribution in [-0.2, 0) is 16.8 Å². The number of aromatic nitrogens is 4. The number of hydrogen-bond donors (Lipinski definition) is 2. The molecule has 4 nitrogen and oxygen atoms in total. The van der Waals surface area contributed by atoms with E-state index in [4.69, 9.17) is 9.97 Å². The minimum Gasteiger partial charge on any atom is -0.354 e. The summed E-state index contributed by atoms with van der Waals surface area (Å²) in [5, 5.41) is 4.66. The average Bonchev–Trinajstić information content (AvgIpc) is 3.73. The molecule has 195 valence electrons. The van der Waals surface area contributed by atoms with Crippen LogP contribution < -0.4 is 0 Å². The SMILES string of the molecule is [Co].c1ccc2c(c1)-c1cc3[nH]c(cc4nc(cc5[nH]c(cc-2n1)c1ccccc51)-c1ccccc1-4)c1ccccc31. The van der Waals surface area contributed by atoms with Crippen molar-refractivity contribution < 1.29 is 16.8 Å². The van der Waals surface area contributed by atoms with Crippen LogP contribution in [0.1, 0.15) is 0 Å². The first-order valence-corrected chi connectivity index (χ1v) is 13.5. The number of rotatable bonds is 0. The van der Waals surface area contributed by atoms with Crippen LogP contribution in [0.25, 0.3) is 88.6 Å². The zero-order valence-corrected chi connectivity index (χ0v) is 22.8. The summed E-state index contributed by atoms with van der Waals surface area (Å²) in [5.41, 5.74) is 12.5. The zero-order chi connectivity index (χ0) is 26.2. The molecule has 0 unspecified atom stereocenters. The molecule has 41 heavy (non-hydrogen) atoms. The second kappa shape index (κ2) is 9.03. The van der Waals surface area contributed by atoms with E-state index in [1.807, 2.05) is 0 Å². The molecular weight excluding hydrogens is 547 g/mol. The summed E-state index contributed by atoms with van der Waals surface area (Å²) in [6, 6.07) is 42.7. The number of nitrogens with one attached hydrogen (secondary N) is 2. The van der Waals surface area contributed by atoms with Crippen LogP contribution in [0.2, 0.25) is 0 Å². The Hall–Kier alpha value is -4.97. The normalized spacial score (nSPS) is 11.7. The van der Waals surface area contributed by atoms with E-state index < -0.39 is 0 Å². The van der Waals surface area contributed by atoms with Crippen molar-refractivity contribution in [3.05, 3.63) is 121 Å². The summed E-state index contributed by atoms with van der Waals surface area (Å²) in [4.78, 5) is 17.8. The van der Waals surface area contributed by atoms with E-state index in [1.54, 1.807) is 0 Å². The molecule has 5 heteroatoms. The van der Waals surface area contributed by atoms with E-state index in [2.05, 4.69) is 131 Å².